The van der Waals surface area contributed by atoms with Gasteiger partial charge in [0.15, 0.2) is 0 Å². The number of carbonyl (C=O) groups is 3. The Morgan fingerprint density at radius 1 is 1.29 bits per heavy atom. The molecule has 0 bridgehead atoms. The smallest absolute Gasteiger partial charge is 0.226 e. The van der Waals surface area contributed by atoms with Gasteiger partial charge in [0.2, 0.25) is 17.7 Å². The van der Waals surface area contributed by atoms with Crippen LogP contribution in [0.5, 0.6) is 0 Å². The average molecular weight is 295 g/mol. The first-order chi connectivity index (χ1) is 9.97. The minimum absolute atomic E-state index is 0.0284. The van der Waals surface area contributed by atoms with E-state index in [9.17, 15) is 14.4 Å². The van der Waals surface area contributed by atoms with E-state index in [1.165, 1.54) is 6.92 Å². The summed E-state index contributed by atoms with van der Waals surface area (Å²) >= 11 is 0. The molecule has 2 aliphatic heterocycles. The highest BCUT2D eigenvalue weighted by atomic mass is 16.2. The number of piperidine rings is 2. The molecule has 6 heteroatoms. The van der Waals surface area contributed by atoms with Crippen LogP contribution in [0.15, 0.2) is 0 Å². The second-order valence-electron chi connectivity index (χ2n) is 6.23. The van der Waals surface area contributed by atoms with Crippen LogP contribution in [0.2, 0.25) is 0 Å². The molecule has 3 amide bonds. The SMILES string of the molecule is CC(=O)NCC1CCCN(C(=O)C2CCN(C)C(=O)C2)C1. The van der Waals surface area contributed by atoms with Crippen molar-refractivity contribution in [3.05, 3.63) is 0 Å². The number of nitrogens with one attached hydrogen (secondary N) is 1. The van der Waals surface area contributed by atoms with Gasteiger partial charge in [0, 0.05) is 52.5 Å². The van der Waals surface area contributed by atoms with E-state index in [0.717, 1.165) is 25.8 Å². The van der Waals surface area contributed by atoms with Crippen molar-refractivity contribution >= 4 is 17.7 Å². The van der Waals surface area contributed by atoms with Gasteiger partial charge in [-0.25, -0.2) is 0 Å². The summed E-state index contributed by atoms with van der Waals surface area (Å²) in [5.74, 6) is 0.316. The Morgan fingerprint density at radius 2 is 2.05 bits per heavy atom. The molecule has 21 heavy (non-hydrogen) atoms. The van der Waals surface area contributed by atoms with E-state index >= 15 is 0 Å². The first-order valence-electron chi connectivity index (χ1n) is 7.74. The molecule has 0 aliphatic carbocycles. The molecule has 0 aromatic carbocycles. The van der Waals surface area contributed by atoms with Crippen LogP contribution >= 0.6 is 0 Å². The predicted octanol–water partition coefficient (Wildman–Crippen LogP) is 0.230. The summed E-state index contributed by atoms with van der Waals surface area (Å²) in [6.45, 7) is 4.27. The van der Waals surface area contributed by atoms with Crippen LogP contribution in [0.25, 0.3) is 0 Å². The van der Waals surface area contributed by atoms with E-state index < -0.39 is 0 Å². The normalized spacial score (nSPS) is 26.7. The van der Waals surface area contributed by atoms with Crippen LogP contribution in [-0.2, 0) is 14.4 Å². The zero-order valence-corrected chi connectivity index (χ0v) is 12.9. The Morgan fingerprint density at radius 3 is 2.71 bits per heavy atom. The molecule has 2 atom stereocenters. The minimum Gasteiger partial charge on any atom is -0.356 e. The van der Waals surface area contributed by atoms with Crippen molar-refractivity contribution in [1.82, 2.24) is 15.1 Å². The number of nitrogens with zero attached hydrogens (tertiary/aromatic N) is 2. The molecular formula is C15H25N3O3. The Bertz CT molecular complexity index is 424. The predicted molar refractivity (Wildman–Crippen MR) is 78.3 cm³/mol. The van der Waals surface area contributed by atoms with Crippen LogP contribution in [0.1, 0.15) is 32.6 Å². The van der Waals surface area contributed by atoms with Crippen LogP contribution in [-0.4, -0.2) is 60.7 Å². The highest BCUT2D eigenvalue weighted by Gasteiger charge is 2.33. The molecule has 0 aromatic heterocycles. The zero-order valence-electron chi connectivity index (χ0n) is 12.9. The number of hydrogen-bond donors (Lipinski definition) is 1. The highest BCUT2D eigenvalue weighted by molar-refractivity contribution is 5.87. The van der Waals surface area contributed by atoms with Gasteiger partial charge in [-0.3, -0.25) is 14.4 Å². The monoisotopic (exact) mass is 295 g/mol. The Hall–Kier alpha value is -1.59. The van der Waals surface area contributed by atoms with Gasteiger partial charge in [0.05, 0.1) is 0 Å². The Kier molecular flexibility index (Phi) is 5.20. The van der Waals surface area contributed by atoms with Crippen molar-refractivity contribution in [3.8, 4) is 0 Å². The highest BCUT2D eigenvalue weighted by Crippen LogP contribution is 2.23. The lowest BCUT2D eigenvalue weighted by Crippen LogP contribution is -2.48. The fraction of sp³-hybridized carbons (Fsp3) is 0.800. The van der Waals surface area contributed by atoms with Gasteiger partial charge < -0.3 is 15.1 Å². The second-order valence-corrected chi connectivity index (χ2v) is 6.23. The third kappa shape index (κ3) is 4.19. The van der Waals surface area contributed by atoms with Gasteiger partial charge >= 0.3 is 0 Å². The third-order valence-corrected chi connectivity index (χ3v) is 4.48. The maximum Gasteiger partial charge on any atom is 0.226 e. The standard InChI is InChI=1S/C15H25N3O3/c1-11(19)16-9-12-4-3-6-18(10-12)15(21)13-5-7-17(2)14(20)8-13/h12-13H,3-10H2,1-2H3,(H,16,19). The fourth-order valence-electron chi connectivity index (χ4n) is 3.13. The third-order valence-electron chi connectivity index (χ3n) is 4.48. The van der Waals surface area contributed by atoms with Crippen LogP contribution in [0.4, 0.5) is 0 Å². The summed E-state index contributed by atoms with van der Waals surface area (Å²) in [7, 11) is 1.79. The number of likely N-dealkylation sites (tertiary alicyclic amines) is 2. The van der Waals surface area contributed by atoms with Gasteiger partial charge in [-0.1, -0.05) is 0 Å². The van der Waals surface area contributed by atoms with Gasteiger partial charge in [0.1, 0.15) is 0 Å². The minimum atomic E-state index is -0.159. The molecule has 2 unspecified atom stereocenters. The van der Waals surface area contributed by atoms with E-state index in [1.807, 2.05) is 4.90 Å². The zero-order chi connectivity index (χ0) is 15.4. The molecule has 1 N–H and O–H groups in total. The lowest BCUT2D eigenvalue weighted by Gasteiger charge is -2.37. The van der Waals surface area contributed by atoms with Gasteiger partial charge in [-0.2, -0.15) is 0 Å². The lowest BCUT2D eigenvalue weighted by atomic mass is 9.92. The molecule has 6 nitrogen and oxygen atoms in total. The van der Waals surface area contributed by atoms with E-state index in [2.05, 4.69) is 5.32 Å². The molecule has 2 rings (SSSR count). The van der Waals surface area contributed by atoms with Crippen molar-refractivity contribution in [2.24, 2.45) is 11.8 Å². The topological polar surface area (TPSA) is 69.7 Å². The summed E-state index contributed by atoms with van der Waals surface area (Å²) in [4.78, 5) is 38.9. The maximum atomic E-state index is 12.6. The molecule has 118 valence electrons. The molecule has 2 fully saturated rings. The average Bonchev–Trinajstić information content (AvgIpc) is 2.47. The van der Waals surface area contributed by atoms with Crippen molar-refractivity contribution < 1.29 is 14.4 Å². The molecule has 0 saturated carbocycles. The second kappa shape index (κ2) is 6.91. The van der Waals surface area contributed by atoms with Gasteiger partial charge in [0.25, 0.3) is 0 Å². The summed E-state index contributed by atoms with van der Waals surface area (Å²) < 4.78 is 0. The van der Waals surface area contributed by atoms with Crippen molar-refractivity contribution in [3.63, 3.8) is 0 Å². The molecule has 0 aromatic rings. The molecule has 2 aliphatic rings. The summed E-state index contributed by atoms with van der Waals surface area (Å²) in [6.07, 6.45) is 3.10. The summed E-state index contributed by atoms with van der Waals surface area (Å²) in [5.41, 5.74) is 0. The van der Waals surface area contributed by atoms with Crippen LogP contribution in [0.3, 0.4) is 0 Å². The van der Waals surface area contributed by atoms with Gasteiger partial charge in [-0.15, -0.1) is 0 Å². The number of hydrogen-bond acceptors (Lipinski definition) is 3. The summed E-state index contributed by atoms with van der Waals surface area (Å²) in [6, 6.07) is 0. The van der Waals surface area contributed by atoms with Crippen molar-refractivity contribution in [1.29, 1.82) is 0 Å². The molecular weight excluding hydrogens is 270 g/mol. The molecule has 2 heterocycles. The number of rotatable bonds is 3. The van der Waals surface area contributed by atoms with Gasteiger partial charge in [-0.05, 0) is 25.2 Å². The van der Waals surface area contributed by atoms with E-state index in [-0.39, 0.29) is 23.6 Å². The van der Waals surface area contributed by atoms with Crippen LogP contribution < -0.4 is 5.32 Å². The van der Waals surface area contributed by atoms with E-state index in [1.54, 1.807) is 11.9 Å². The largest absolute Gasteiger partial charge is 0.356 e. The quantitative estimate of drug-likeness (QED) is 0.810. The maximum absolute atomic E-state index is 12.6. The fourth-order valence-corrected chi connectivity index (χ4v) is 3.13. The molecule has 2 saturated heterocycles. The molecule has 0 spiro atoms. The summed E-state index contributed by atoms with van der Waals surface area (Å²) in [5, 5.41) is 2.83. The Labute approximate surface area is 125 Å². The molecule has 0 radical (unpaired) electrons. The Balaban J connectivity index is 1.87. The number of amides is 3. The van der Waals surface area contributed by atoms with E-state index in [4.69, 9.17) is 0 Å². The lowest BCUT2D eigenvalue weighted by molar-refractivity contribution is -0.145. The number of carbonyl (C=O) groups excluding carboxylic acids is 3. The van der Waals surface area contributed by atoms with Crippen molar-refractivity contribution in [2.45, 2.75) is 32.6 Å². The van der Waals surface area contributed by atoms with Crippen molar-refractivity contribution in [2.75, 3.05) is 33.2 Å². The first-order valence-corrected chi connectivity index (χ1v) is 7.74. The van der Waals surface area contributed by atoms with Crippen LogP contribution in [0, 0.1) is 11.8 Å². The van der Waals surface area contributed by atoms with E-state index in [0.29, 0.717) is 32.0 Å². The first kappa shape index (κ1) is 15.8.